The molecule has 1 fully saturated rings. The highest BCUT2D eigenvalue weighted by Crippen LogP contribution is 2.32. The van der Waals surface area contributed by atoms with E-state index in [9.17, 15) is 0 Å². The zero-order valence-corrected chi connectivity index (χ0v) is 16.7. The van der Waals surface area contributed by atoms with E-state index in [4.69, 9.17) is 0 Å². The van der Waals surface area contributed by atoms with Crippen LogP contribution in [0.25, 0.3) is 11.3 Å². The smallest absolute Gasteiger partial charge is 0.134 e. The van der Waals surface area contributed by atoms with E-state index >= 15 is 0 Å². The molecule has 3 heteroatoms. The van der Waals surface area contributed by atoms with Crippen LogP contribution in [0.15, 0.2) is 60.9 Å². The molecule has 28 heavy (non-hydrogen) atoms. The van der Waals surface area contributed by atoms with Gasteiger partial charge in [0.25, 0.3) is 0 Å². The Labute approximate surface area is 168 Å². The second-order valence-corrected chi connectivity index (χ2v) is 7.95. The van der Waals surface area contributed by atoms with Gasteiger partial charge in [-0.2, -0.15) is 0 Å². The van der Waals surface area contributed by atoms with Crippen LogP contribution >= 0.6 is 0 Å². The lowest BCUT2D eigenvalue weighted by Crippen LogP contribution is -2.02. The topological polar surface area (TPSA) is 37.8 Å². The summed E-state index contributed by atoms with van der Waals surface area (Å²) in [5, 5.41) is 3.43. The molecule has 1 aromatic heterocycles. The summed E-state index contributed by atoms with van der Waals surface area (Å²) < 4.78 is 0. The second kappa shape index (κ2) is 9.01. The molecule has 0 radical (unpaired) electrons. The van der Waals surface area contributed by atoms with Crippen molar-refractivity contribution in [1.82, 2.24) is 9.97 Å². The standard InChI is InChI=1S/C25H29N3/c1-19-8-7-11-22(16-19)24-17-25(27-18-26-24)28-23-14-12-21(13-15-23)20-9-5-3-2-4-6-10-20/h7-8,11-18,20H,2-6,9-10H2,1H3,(H,26,27,28). The van der Waals surface area contributed by atoms with E-state index < -0.39 is 0 Å². The molecule has 0 bridgehead atoms. The third kappa shape index (κ3) is 4.78. The average Bonchev–Trinajstić information content (AvgIpc) is 2.69. The molecule has 1 aliphatic rings. The molecule has 0 aliphatic heterocycles. The lowest BCUT2D eigenvalue weighted by atomic mass is 9.86. The summed E-state index contributed by atoms with van der Waals surface area (Å²) in [7, 11) is 0. The highest BCUT2D eigenvalue weighted by Gasteiger charge is 2.13. The van der Waals surface area contributed by atoms with E-state index in [-0.39, 0.29) is 0 Å². The SMILES string of the molecule is Cc1cccc(-c2cc(Nc3ccc(C4CCCCCCC4)cc3)ncn2)c1. The van der Waals surface area contributed by atoms with Gasteiger partial charge in [-0.15, -0.1) is 0 Å². The molecule has 0 unspecified atom stereocenters. The summed E-state index contributed by atoms with van der Waals surface area (Å²) in [4.78, 5) is 8.83. The van der Waals surface area contributed by atoms with Crippen molar-refractivity contribution < 1.29 is 0 Å². The van der Waals surface area contributed by atoms with Crippen molar-refractivity contribution in [2.24, 2.45) is 0 Å². The highest BCUT2D eigenvalue weighted by atomic mass is 15.0. The van der Waals surface area contributed by atoms with Gasteiger partial charge >= 0.3 is 0 Å². The van der Waals surface area contributed by atoms with Crippen LogP contribution in [0.5, 0.6) is 0 Å². The highest BCUT2D eigenvalue weighted by molar-refractivity contribution is 5.65. The van der Waals surface area contributed by atoms with Crippen molar-refractivity contribution >= 4 is 11.5 Å². The number of hydrogen-bond donors (Lipinski definition) is 1. The monoisotopic (exact) mass is 371 g/mol. The summed E-state index contributed by atoms with van der Waals surface area (Å²) in [5.41, 5.74) is 5.84. The molecule has 1 aliphatic carbocycles. The molecule has 1 saturated carbocycles. The van der Waals surface area contributed by atoms with Crippen LogP contribution in [0.1, 0.15) is 62.0 Å². The molecule has 2 aromatic carbocycles. The number of hydrogen-bond acceptors (Lipinski definition) is 3. The van der Waals surface area contributed by atoms with E-state index in [2.05, 4.69) is 70.7 Å². The molecule has 1 heterocycles. The minimum absolute atomic E-state index is 0.723. The Morgan fingerprint density at radius 1 is 0.821 bits per heavy atom. The van der Waals surface area contributed by atoms with Gasteiger partial charge < -0.3 is 5.32 Å². The van der Waals surface area contributed by atoms with Crippen molar-refractivity contribution in [3.8, 4) is 11.3 Å². The molecule has 4 rings (SSSR count). The maximum atomic E-state index is 4.43. The number of aromatic nitrogens is 2. The number of aryl methyl sites for hydroxylation is 1. The predicted octanol–water partition coefficient (Wildman–Crippen LogP) is 7.02. The average molecular weight is 372 g/mol. The lowest BCUT2D eigenvalue weighted by molar-refractivity contribution is 0.455. The number of nitrogens with zero attached hydrogens (tertiary/aromatic N) is 2. The normalized spacial score (nSPS) is 15.6. The third-order valence-electron chi connectivity index (χ3n) is 5.74. The molecular formula is C25H29N3. The first-order valence-electron chi connectivity index (χ1n) is 10.5. The van der Waals surface area contributed by atoms with Gasteiger partial charge in [-0.25, -0.2) is 9.97 Å². The minimum Gasteiger partial charge on any atom is -0.340 e. The summed E-state index contributed by atoms with van der Waals surface area (Å²) in [5.74, 6) is 1.55. The first-order chi connectivity index (χ1) is 13.8. The van der Waals surface area contributed by atoms with E-state index in [0.29, 0.717) is 0 Å². The first-order valence-corrected chi connectivity index (χ1v) is 10.5. The van der Waals surface area contributed by atoms with E-state index in [1.807, 2.05) is 6.07 Å². The molecule has 1 N–H and O–H groups in total. The molecule has 0 saturated heterocycles. The van der Waals surface area contributed by atoms with Gasteiger partial charge in [0.2, 0.25) is 0 Å². The zero-order valence-electron chi connectivity index (χ0n) is 16.7. The summed E-state index contributed by atoms with van der Waals surface area (Å²) in [6.45, 7) is 2.10. The quantitative estimate of drug-likeness (QED) is 0.535. The van der Waals surface area contributed by atoms with Gasteiger partial charge in [0, 0.05) is 17.3 Å². The van der Waals surface area contributed by atoms with Crippen molar-refractivity contribution in [1.29, 1.82) is 0 Å². The molecular weight excluding hydrogens is 342 g/mol. The van der Waals surface area contributed by atoms with E-state index in [1.54, 1.807) is 6.33 Å². The lowest BCUT2D eigenvalue weighted by Gasteiger charge is -2.20. The Kier molecular flexibility index (Phi) is 6.01. The Bertz CT molecular complexity index is 894. The molecule has 0 atom stereocenters. The number of rotatable bonds is 4. The number of anilines is 2. The van der Waals surface area contributed by atoms with Crippen molar-refractivity contribution in [2.45, 2.75) is 57.8 Å². The fourth-order valence-corrected chi connectivity index (χ4v) is 4.16. The molecule has 3 nitrogen and oxygen atoms in total. The summed E-state index contributed by atoms with van der Waals surface area (Å²) >= 11 is 0. The van der Waals surface area contributed by atoms with Crippen LogP contribution in [0, 0.1) is 6.92 Å². The van der Waals surface area contributed by atoms with Gasteiger partial charge in [0.1, 0.15) is 12.1 Å². The second-order valence-electron chi connectivity index (χ2n) is 7.95. The van der Waals surface area contributed by atoms with Crippen LogP contribution in [0.2, 0.25) is 0 Å². The summed E-state index contributed by atoms with van der Waals surface area (Å²) in [6, 6.07) is 19.4. The maximum Gasteiger partial charge on any atom is 0.134 e. The summed E-state index contributed by atoms with van der Waals surface area (Å²) in [6.07, 6.45) is 11.2. The molecule has 0 spiro atoms. The van der Waals surface area contributed by atoms with Gasteiger partial charge in [-0.3, -0.25) is 0 Å². The molecule has 0 amide bonds. The maximum absolute atomic E-state index is 4.43. The first kappa shape index (κ1) is 18.7. The van der Waals surface area contributed by atoms with Crippen molar-refractivity contribution in [2.75, 3.05) is 5.32 Å². The van der Waals surface area contributed by atoms with Crippen molar-refractivity contribution in [3.63, 3.8) is 0 Å². The van der Waals surface area contributed by atoms with Gasteiger partial charge in [0.05, 0.1) is 5.69 Å². The van der Waals surface area contributed by atoms with Crippen LogP contribution in [-0.2, 0) is 0 Å². The molecule has 144 valence electrons. The van der Waals surface area contributed by atoms with E-state index in [1.165, 1.54) is 56.1 Å². The Morgan fingerprint density at radius 3 is 2.32 bits per heavy atom. The molecule has 3 aromatic rings. The van der Waals surface area contributed by atoms with Gasteiger partial charge in [-0.1, -0.05) is 68.0 Å². The van der Waals surface area contributed by atoms with Crippen LogP contribution in [0.4, 0.5) is 11.5 Å². The Hall–Kier alpha value is -2.68. The number of nitrogens with one attached hydrogen (secondary N) is 1. The van der Waals surface area contributed by atoms with E-state index in [0.717, 1.165) is 28.7 Å². The van der Waals surface area contributed by atoms with Crippen LogP contribution < -0.4 is 5.32 Å². The predicted molar refractivity (Wildman–Crippen MR) is 117 cm³/mol. The number of benzene rings is 2. The third-order valence-corrected chi connectivity index (χ3v) is 5.74. The van der Waals surface area contributed by atoms with Crippen LogP contribution in [-0.4, -0.2) is 9.97 Å². The zero-order chi connectivity index (χ0) is 19.2. The Morgan fingerprint density at radius 2 is 1.57 bits per heavy atom. The van der Waals surface area contributed by atoms with Crippen molar-refractivity contribution in [3.05, 3.63) is 72.1 Å². The fourth-order valence-electron chi connectivity index (χ4n) is 4.16. The fraction of sp³-hybridized carbons (Fsp3) is 0.360. The van der Waals surface area contributed by atoms with Gasteiger partial charge in [0.15, 0.2) is 0 Å². The van der Waals surface area contributed by atoms with Crippen LogP contribution in [0.3, 0.4) is 0 Å². The Balaban J connectivity index is 1.46. The minimum atomic E-state index is 0.723. The van der Waals surface area contributed by atoms with Gasteiger partial charge in [-0.05, 0) is 49.4 Å². The largest absolute Gasteiger partial charge is 0.340 e.